The van der Waals surface area contributed by atoms with Crippen molar-refractivity contribution in [2.24, 2.45) is 23.7 Å². The topological polar surface area (TPSA) is 9.23 Å². The number of aryl methyl sites for hydroxylation is 1. The first kappa shape index (κ1) is 24.4. The smallest absolute Gasteiger partial charge is 0.428 e. The van der Waals surface area contributed by atoms with E-state index in [1.807, 2.05) is 0 Å². The summed E-state index contributed by atoms with van der Waals surface area (Å²) in [5.41, 5.74) is 1.04. The van der Waals surface area contributed by atoms with E-state index in [9.17, 15) is 17.6 Å². The Morgan fingerprint density at radius 2 is 1.35 bits per heavy atom. The maximum Gasteiger partial charge on any atom is 0.461 e. The van der Waals surface area contributed by atoms with Gasteiger partial charge in [0.1, 0.15) is 5.75 Å². The Balaban J connectivity index is 1.35. The van der Waals surface area contributed by atoms with E-state index in [4.69, 9.17) is 0 Å². The van der Waals surface area contributed by atoms with Gasteiger partial charge in [-0.3, -0.25) is 0 Å². The van der Waals surface area contributed by atoms with Crippen molar-refractivity contribution in [3.05, 3.63) is 29.8 Å². The van der Waals surface area contributed by atoms with Crippen LogP contribution in [0.5, 0.6) is 5.75 Å². The second kappa shape index (κ2) is 11.6. The van der Waals surface area contributed by atoms with Crippen molar-refractivity contribution in [1.29, 1.82) is 0 Å². The summed E-state index contributed by atoms with van der Waals surface area (Å²) in [4.78, 5) is 0. The summed E-state index contributed by atoms with van der Waals surface area (Å²) in [6.07, 6.45) is 8.87. The van der Waals surface area contributed by atoms with Gasteiger partial charge in [-0.1, -0.05) is 64.0 Å². The molecule has 3 rings (SSSR count). The fourth-order valence-corrected chi connectivity index (χ4v) is 5.69. The molecule has 1 aromatic rings. The van der Waals surface area contributed by atoms with E-state index < -0.39 is 12.5 Å². The molecule has 2 saturated carbocycles. The molecular weight excluding hydrogens is 404 g/mol. The minimum atomic E-state index is -4.45. The van der Waals surface area contributed by atoms with E-state index in [0.717, 1.165) is 42.1 Å². The van der Waals surface area contributed by atoms with Gasteiger partial charge in [-0.05, 0) is 79.9 Å². The van der Waals surface area contributed by atoms with Crippen LogP contribution in [0.1, 0.15) is 89.5 Å². The number of hydrogen-bond acceptors (Lipinski definition) is 1. The zero-order valence-electron chi connectivity index (χ0n) is 18.8. The summed E-state index contributed by atoms with van der Waals surface area (Å²) in [5.74, 6) is 3.34. The molecule has 0 aromatic heterocycles. The summed E-state index contributed by atoms with van der Waals surface area (Å²) < 4.78 is 54.6. The fourth-order valence-electron chi connectivity index (χ4n) is 5.69. The molecule has 0 bridgehead atoms. The quantitative estimate of drug-likeness (QED) is 0.329. The van der Waals surface area contributed by atoms with Crippen LogP contribution in [0.3, 0.4) is 0 Å². The average Bonchev–Trinajstić information content (AvgIpc) is 2.78. The third-order valence-corrected chi connectivity index (χ3v) is 7.69. The maximum atomic E-state index is 13.0. The van der Waals surface area contributed by atoms with Gasteiger partial charge in [0, 0.05) is 0 Å². The van der Waals surface area contributed by atoms with Gasteiger partial charge in [-0.2, -0.15) is 17.6 Å². The molecule has 0 N–H and O–H groups in total. The zero-order chi connectivity index (χ0) is 22.3. The van der Waals surface area contributed by atoms with Crippen molar-refractivity contribution in [1.82, 2.24) is 0 Å². The standard InChI is InChI=1S/C26H38F4O/c1-2-3-4-19-7-13-22(14-8-19)23-15-9-20(10-16-23)5-6-21-11-17-24(18-12-21)31-26(29,30)25(27)28/h11-12,17-20,22-23,25H,2-10,13-16H2,1H3. The largest absolute Gasteiger partial charge is 0.461 e. The van der Waals surface area contributed by atoms with Gasteiger partial charge in [0.25, 0.3) is 0 Å². The Labute approximate surface area is 184 Å². The minimum Gasteiger partial charge on any atom is -0.428 e. The van der Waals surface area contributed by atoms with Crippen molar-refractivity contribution in [3.8, 4) is 5.75 Å². The first-order valence-electron chi connectivity index (χ1n) is 12.3. The highest BCUT2D eigenvalue weighted by Gasteiger charge is 2.43. The number of alkyl halides is 4. The van der Waals surface area contributed by atoms with E-state index in [2.05, 4.69) is 11.7 Å². The molecule has 2 aliphatic rings. The van der Waals surface area contributed by atoms with Crippen LogP contribution in [0.25, 0.3) is 0 Å². The Hall–Kier alpha value is -1.26. The molecule has 0 unspecified atom stereocenters. The third kappa shape index (κ3) is 7.39. The van der Waals surface area contributed by atoms with Crippen LogP contribution in [0.2, 0.25) is 0 Å². The molecule has 2 fully saturated rings. The van der Waals surface area contributed by atoms with Crippen LogP contribution in [0.4, 0.5) is 17.6 Å². The molecule has 0 radical (unpaired) electrons. The predicted octanol–water partition coefficient (Wildman–Crippen LogP) is 8.66. The summed E-state index contributed by atoms with van der Waals surface area (Å²) in [6, 6.07) is 6.14. The van der Waals surface area contributed by atoms with E-state index in [-0.39, 0.29) is 5.75 Å². The number of ether oxygens (including phenoxy) is 1. The summed E-state index contributed by atoms with van der Waals surface area (Å²) in [6.45, 7) is 2.28. The SMILES string of the molecule is CCCCC1CCC(C2CCC(CCc3ccc(OC(F)(F)C(F)F)cc3)CC2)CC1. The summed E-state index contributed by atoms with van der Waals surface area (Å²) >= 11 is 0. The first-order chi connectivity index (χ1) is 14.9. The molecule has 0 atom stereocenters. The van der Waals surface area contributed by atoms with Crippen molar-refractivity contribution >= 4 is 0 Å². The van der Waals surface area contributed by atoms with E-state index in [0.29, 0.717) is 0 Å². The van der Waals surface area contributed by atoms with E-state index in [1.165, 1.54) is 82.8 Å². The molecule has 0 heterocycles. The van der Waals surface area contributed by atoms with Crippen molar-refractivity contribution in [2.45, 2.75) is 103 Å². The van der Waals surface area contributed by atoms with E-state index >= 15 is 0 Å². The predicted molar refractivity (Wildman–Crippen MR) is 117 cm³/mol. The van der Waals surface area contributed by atoms with Gasteiger partial charge in [-0.25, -0.2) is 0 Å². The third-order valence-electron chi connectivity index (χ3n) is 7.69. The highest BCUT2D eigenvalue weighted by Crippen LogP contribution is 2.43. The van der Waals surface area contributed by atoms with Crippen LogP contribution in [0, 0.1) is 23.7 Å². The number of rotatable bonds is 10. The molecule has 2 aliphatic carbocycles. The van der Waals surface area contributed by atoms with E-state index in [1.54, 1.807) is 12.1 Å². The molecular formula is C26H38F4O. The Kier molecular flexibility index (Phi) is 9.09. The van der Waals surface area contributed by atoms with Crippen LogP contribution in [-0.2, 0) is 6.42 Å². The molecule has 0 saturated heterocycles. The zero-order valence-corrected chi connectivity index (χ0v) is 18.8. The lowest BCUT2D eigenvalue weighted by Gasteiger charge is -2.38. The second-order valence-corrected chi connectivity index (χ2v) is 9.85. The Bertz CT molecular complexity index is 629. The number of benzene rings is 1. The van der Waals surface area contributed by atoms with Crippen LogP contribution < -0.4 is 4.74 Å². The molecule has 176 valence electrons. The lowest BCUT2D eigenvalue weighted by Crippen LogP contribution is -2.33. The fraction of sp³-hybridized carbons (Fsp3) is 0.769. The van der Waals surface area contributed by atoms with Gasteiger partial charge >= 0.3 is 12.5 Å². The van der Waals surface area contributed by atoms with Gasteiger partial charge in [0.15, 0.2) is 0 Å². The Morgan fingerprint density at radius 1 is 0.839 bits per heavy atom. The van der Waals surface area contributed by atoms with Gasteiger partial charge in [-0.15, -0.1) is 0 Å². The molecule has 0 amide bonds. The molecule has 0 spiro atoms. The highest BCUT2D eigenvalue weighted by atomic mass is 19.3. The van der Waals surface area contributed by atoms with Gasteiger partial charge in [0.2, 0.25) is 0 Å². The minimum absolute atomic E-state index is 0.223. The lowest BCUT2D eigenvalue weighted by atomic mass is 9.68. The van der Waals surface area contributed by atoms with Gasteiger partial charge < -0.3 is 4.74 Å². The summed E-state index contributed by atoms with van der Waals surface area (Å²) in [7, 11) is 0. The number of unbranched alkanes of at least 4 members (excludes halogenated alkanes) is 1. The first-order valence-corrected chi connectivity index (χ1v) is 12.3. The second-order valence-electron chi connectivity index (χ2n) is 9.85. The Morgan fingerprint density at radius 3 is 1.84 bits per heavy atom. The number of halogens is 4. The molecule has 5 heteroatoms. The van der Waals surface area contributed by atoms with Crippen molar-refractivity contribution < 1.29 is 22.3 Å². The van der Waals surface area contributed by atoms with Crippen molar-refractivity contribution in [3.63, 3.8) is 0 Å². The molecule has 0 aliphatic heterocycles. The van der Waals surface area contributed by atoms with Crippen LogP contribution >= 0.6 is 0 Å². The highest BCUT2D eigenvalue weighted by molar-refractivity contribution is 5.27. The van der Waals surface area contributed by atoms with Crippen LogP contribution in [-0.4, -0.2) is 12.5 Å². The van der Waals surface area contributed by atoms with Gasteiger partial charge in [0.05, 0.1) is 0 Å². The van der Waals surface area contributed by atoms with Crippen LogP contribution in [0.15, 0.2) is 24.3 Å². The molecule has 1 aromatic carbocycles. The summed E-state index contributed by atoms with van der Waals surface area (Å²) in [5, 5.41) is 0. The van der Waals surface area contributed by atoms with Crippen molar-refractivity contribution in [2.75, 3.05) is 0 Å². The lowest BCUT2D eigenvalue weighted by molar-refractivity contribution is -0.253. The maximum absolute atomic E-state index is 13.0. The molecule has 31 heavy (non-hydrogen) atoms. The normalized spacial score (nSPS) is 27.4. The number of hydrogen-bond donors (Lipinski definition) is 0. The monoisotopic (exact) mass is 442 g/mol. The average molecular weight is 443 g/mol. The molecule has 1 nitrogen and oxygen atoms in total.